The molecule has 5 nitrogen and oxygen atoms in total. The van der Waals surface area contributed by atoms with E-state index in [1.165, 1.54) is 11.3 Å². The average molecular weight is 399 g/mol. The number of hydrogen-bond donors (Lipinski definition) is 0. The van der Waals surface area contributed by atoms with Crippen LogP contribution in [0.5, 0.6) is 11.5 Å². The Labute approximate surface area is 164 Å². The summed E-state index contributed by atoms with van der Waals surface area (Å²) in [5.41, 5.74) is 2.24. The molecule has 2 heterocycles. The minimum absolute atomic E-state index is 0.300. The second-order valence-corrected chi connectivity index (χ2v) is 7.39. The molecule has 1 aromatic heterocycles. The molecular weight excluding hydrogens is 384 g/mol. The molecule has 0 N–H and O–H groups in total. The molecule has 3 aromatic rings. The predicted octanol–water partition coefficient (Wildman–Crippen LogP) is 3.81. The number of terminal acetylenes is 1. The highest BCUT2D eigenvalue weighted by Crippen LogP contribution is 2.31. The van der Waals surface area contributed by atoms with E-state index in [1.54, 1.807) is 18.2 Å². The molecule has 7 heteroatoms. The van der Waals surface area contributed by atoms with Crippen molar-refractivity contribution in [3.8, 4) is 23.8 Å². The molecule has 0 radical (unpaired) electrons. The summed E-state index contributed by atoms with van der Waals surface area (Å²) >= 11 is 7.66. The van der Waals surface area contributed by atoms with Crippen LogP contribution in [-0.2, 0) is 6.54 Å². The van der Waals surface area contributed by atoms with Gasteiger partial charge in [0.2, 0.25) is 0 Å². The van der Waals surface area contributed by atoms with Crippen molar-refractivity contribution in [3.05, 3.63) is 51.3 Å². The van der Waals surface area contributed by atoms with E-state index in [1.807, 2.05) is 23.6 Å². The Balaban J connectivity index is 1.83. The fourth-order valence-electron chi connectivity index (χ4n) is 2.97. The molecule has 136 valence electrons. The number of carbonyl (C=O) groups excluding carboxylic acids is 1. The van der Waals surface area contributed by atoms with Gasteiger partial charge < -0.3 is 14.0 Å². The Bertz CT molecular complexity index is 1170. The number of benzene rings is 2. The monoisotopic (exact) mass is 398 g/mol. The van der Waals surface area contributed by atoms with E-state index in [-0.39, 0.29) is 5.91 Å². The fraction of sp³-hybridized carbons (Fsp3) is 0.200. The molecule has 1 amide bonds. The maximum atomic E-state index is 12.7. The van der Waals surface area contributed by atoms with Gasteiger partial charge in [0.25, 0.3) is 5.91 Å². The standard InChI is InChI=1S/C20H15ClN2O3S/c1-3-8-23-18-12(2)14(21)5-7-17(18)27-20(23)22-19(24)13-4-6-15-16(11-13)26-10-9-25-15/h1,4-7,11H,8-10H2,2H3. The summed E-state index contributed by atoms with van der Waals surface area (Å²) in [5.74, 6) is 3.44. The van der Waals surface area contributed by atoms with Crippen LogP contribution >= 0.6 is 22.9 Å². The zero-order chi connectivity index (χ0) is 19.0. The van der Waals surface area contributed by atoms with Gasteiger partial charge in [-0.2, -0.15) is 4.99 Å². The molecule has 0 unspecified atom stereocenters. The largest absolute Gasteiger partial charge is 0.486 e. The Hall–Kier alpha value is -2.75. The number of rotatable bonds is 2. The number of fused-ring (bicyclic) bond motifs is 2. The first-order valence-corrected chi connectivity index (χ1v) is 9.48. The lowest BCUT2D eigenvalue weighted by Crippen LogP contribution is -2.18. The number of nitrogens with zero attached hydrogens (tertiary/aromatic N) is 2. The van der Waals surface area contributed by atoms with Crippen LogP contribution in [0.4, 0.5) is 0 Å². The lowest BCUT2D eigenvalue weighted by molar-refractivity contribution is 0.0996. The van der Waals surface area contributed by atoms with Crippen molar-refractivity contribution < 1.29 is 14.3 Å². The maximum absolute atomic E-state index is 12.7. The van der Waals surface area contributed by atoms with Gasteiger partial charge in [0.15, 0.2) is 16.3 Å². The van der Waals surface area contributed by atoms with Gasteiger partial charge in [-0.15, -0.1) is 6.42 Å². The van der Waals surface area contributed by atoms with Crippen molar-refractivity contribution in [2.45, 2.75) is 13.5 Å². The third-order valence-corrected chi connectivity index (χ3v) is 5.72. The smallest absolute Gasteiger partial charge is 0.279 e. The Morgan fingerprint density at radius 3 is 2.85 bits per heavy atom. The molecule has 0 fully saturated rings. The molecule has 0 saturated heterocycles. The zero-order valence-electron chi connectivity index (χ0n) is 14.5. The van der Waals surface area contributed by atoms with E-state index in [0.717, 1.165) is 15.8 Å². The molecule has 2 aromatic carbocycles. The van der Waals surface area contributed by atoms with Crippen molar-refractivity contribution in [3.63, 3.8) is 0 Å². The summed E-state index contributed by atoms with van der Waals surface area (Å²) in [6, 6.07) is 8.81. The maximum Gasteiger partial charge on any atom is 0.279 e. The van der Waals surface area contributed by atoms with Gasteiger partial charge in [-0.1, -0.05) is 28.9 Å². The Morgan fingerprint density at radius 2 is 2.07 bits per heavy atom. The van der Waals surface area contributed by atoms with Crippen LogP contribution in [0, 0.1) is 19.3 Å². The normalized spacial score (nSPS) is 13.6. The molecule has 1 aliphatic heterocycles. The topological polar surface area (TPSA) is 52.8 Å². The van der Waals surface area contributed by atoms with Crippen LogP contribution in [0.3, 0.4) is 0 Å². The van der Waals surface area contributed by atoms with Crippen LogP contribution in [-0.4, -0.2) is 23.7 Å². The van der Waals surface area contributed by atoms with Gasteiger partial charge in [0, 0.05) is 10.6 Å². The van der Waals surface area contributed by atoms with Gasteiger partial charge in [-0.05, 0) is 42.8 Å². The average Bonchev–Trinajstić information content (AvgIpc) is 3.02. The van der Waals surface area contributed by atoms with E-state index >= 15 is 0 Å². The number of aromatic nitrogens is 1. The number of ether oxygens (including phenoxy) is 2. The summed E-state index contributed by atoms with van der Waals surface area (Å²) in [6.45, 7) is 3.19. The number of halogens is 1. The summed E-state index contributed by atoms with van der Waals surface area (Å²) in [7, 11) is 0. The lowest BCUT2D eigenvalue weighted by Gasteiger charge is -2.18. The molecule has 27 heavy (non-hydrogen) atoms. The van der Waals surface area contributed by atoms with Crippen molar-refractivity contribution in [2.75, 3.05) is 13.2 Å². The van der Waals surface area contributed by atoms with Gasteiger partial charge in [-0.25, -0.2) is 0 Å². The SMILES string of the molecule is C#CCn1c(=NC(=O)c2ccc3c(c2)OCCO3)sc2ccc(Cl)c(C)c21. The van der Waals surface area contributed by atoms with E-state index in [2.05, 4.69) is 10.9 Å². The lowest BCUT2D eigenvalue weighted by atomic mass is 10.2. The molecule has 0 aliphatic carbocycles. The molecule has 1 aliphatic rings. The zero-order valence-corrected chi connectivity index (χ0v) is 16.1. The second kappa shape index (κ2) is 7.10. The van der Waals surface area contributed by atoms with Crippen LogP contribution in [0.25, 0.3) is 10.2 Å². The Kier molecular flexibility index (Phi) is 4.65. The van der Waals surface area contributed by atoms with Crippen molar-refractivity contribution >= 4 is 39.1 Å². The van der Waals surface area contributed by atoms with Crippen molar-refractivity contribution in [2.24, 2.45) is 4.99 Å². The van der Waals surface area contributed by atoms with Crippen molar-refractivity contribution in [1.29, 1.82) is 0 Å². The second-order valence-electron chi connectivity index (χ2n) is 5.97. The van der Waals surface area contributed by atoms with Crippen LogP contribution in [0.1, 0.15) is 15.9 Å². The quantitative estimate of drug-likeness (QED) is 0.617. The van der Waals surface area contributed by atoms with Gasteiger partial charge in [0.1, 0.15) is 13.2 Å². The number of carbonyl (C=O) groups is 1. The van der Waals surface area contributed by atoms with Gasteiger partial charge in [0.05, 0.1) is 16.8 Å². The number of amides is 1. The predicted molar refractivity (Wildman–Crippen MR) is 106 cm³/mol. The summed E-state index contributed by atoms with van der Waals surface area (Å²) in [6.07, 6.45) is 5.53. The molecule has 0 bridgehead atoms. The molecule has 0 atom stereocenters. The highest BCUT2D eigenvalue weighted by atomic mass is 35.5. The van der Waals surface area contributed by atoms with E-state index in [0.29, 0.717) is 46.6 Å². The molecule has 0 saturated carbocycles. The molecule has 0 spiro atoms. The van der Waals surface area contributed by atoms with E-state index in [9.17, 15) is 4.79 Å². The third kappa shape index (κ3) is 3.20. The highest BCUT2D eigenvalue weighted by Gasteiger charge is 2.16. The number of hydrogen-bond acceptors (Lipinski definition) is 4. The first kappa shape index (κ1) is 17.7. The summed E-state index contributed by atoms with van der Waals surface area (Å²) in [5, 5.41) is 0.649. The van der Waals surface area contributed by atoms with Crippen LogP contribution in [0.2, 0.25) is 5.02 Å². The fourth-order valence-corrected chi connectivity index (χ4v) is 4.21. The van der Waals surface area contributed by atoms with Crippen LogP contribution in [0.15, 0.2) is 35.3 Å². The number of aryl methyl sites for hydroxylation is 1. The minimum atomic E-state index is -0.368. The number of thiazole rings is 1. The molecular formula is C20H15ClN2O3S. The van der Waals surface area contributed by atoms with E-state index in [4.69, 9.17) is 27.5 Å². The first-order valence-electron chi connectivity index (χ1n) is 8.29. The molecule has 4 rings (SSSR count). The first-order chi connectivity index (χ1) is 13.1. The Morgan fingerprint density at radius 1 is 1.30 bits per heavy atom. The van der Waals surface area contributed by atoms with E-state index < -0.39 is 0 Å². The summed E-state index contributed by atoms with van der Waals surface area (Å²) < 4.78 is 13.8. The highest BCUT2D eigenvalue weighted by molar-refractivity contribution is 7.16. The van der Waals surface area contributed by atoms with Crippen molar-refractivity contribution in [1.82, 2.24) is 4.57 Å². The minimum Gasteiger partial charge on any atom is -0.486 e. The van der Waals surface area contributed by atoms with Crippen LogP contribution < -0.4 is 14.3 Å². The van der Waals surface area contributed by atoms with Gasteiger partial charge in [-0.3, -0.25) is 4.79 Å². The summed E-state index contributed by atoms with van der Waals surface area (Å²) in [4.78, 5) is 17.6. The van der Waals surface area contributed by atoms with Gasteiger partial charge >= 0.3 is 0 Å². The third-order valence-electron chi connectivity index (χ3n) is 4.27.